The Morgan fingerprint density at radius 1 is 1.67 bits per heavy atom. The number of aryl methyl sites for hydroxylation is 1. The number of aromatic nitrogens is 2. The molecule has 0 radical (unpaired) electrons. The SMILES string of the molecule is CCNC(CCN(C)Cc1nccn1C)C(=O)O. The Bertz CT molecular complexity index is 378. The molecule has 0 spiro atoms. The summed E-state index contributed by atoms with van der Waals surface area (Å²) in [5.41, 5.74) is 0. The smallest absolute Gasteiger partial charge is 0.320 e. The van der Waals surface area contributed by atoms with Gasteiger partial charge in [-0.15, -0.1) is 0 Å². The van der Waals surface area contributed by atoms with Crippen LogP contribution in [0.25, 0.3) is 0 Å². The molecule has 2 N–H and O–H groups in total. The Labute approximate surface area is 108 Å². The lowest BCUT2D eigenvalue weighted by atomic mass is 10.2. The van der Waals surface area contributed by atoms with E-state index in [1.165, 1.54) is 0 Å². The predicted octanol–water partition coefficient (Wildman–Crippen LogP) is 0.305. The van der Waals surface area contributed by atoms with E-state index in [4.69, 9.17) is 5.11 Å². The summed E-state index contributed by atoms with van der Waals surface area (Å²) in [6.45, 7) is 4.02. The summed E-state index contributed by atoms with van der Waals surface area (Å²) in [7, 11) is 3.93. The van der Waals surface area contributed by atoms with Crippen molar-refractivity contribution in [3.05, 3.63) is 18.2 Å². The standard InChI is InChI=1S/C12H22N4O2/c1-4-13-10(12(17)18)5-7-15(2)9-11-14-6-8-16(11)3/h6,8,10,13H,4-5,7,9H2,1-3H3,(H,17,18). The van der Waals surface area contributed by atoms with E-state index in [9.17, 15) is 4.79 Å². The van der Waals surface area contributed by atoms with Crippen molar-refractivity contribution in [1.82, 2.24) is 19.8 Å². The predicted molar refractivity (Wildman–Crippen MR) is 69.3 cm³/mol. The molecular formula is C12H22N4O2. The summed E-state index contributed by atoms with van der Waals surface area (Å²) in [5, 5.41) is 12.0. The Hall–Kier alpha value is -1.40. The normalized spacial score (nSPS) is 12.9. The van der Waals surface area contributed by atoms with Crippen LogP contribution >= 0.6 is 0 Å². The van der Waals surface area contributed by atoms with Gasteiger partial charge >= 0.3 is 5.97 Å². The second kappa shape index (κ2) is 7.13. The minimum absolute atomic E-state index is 0.473. The second-order valence-electron chi connectivity index (χ2n) is 4.43. The van der Waals surface area contributed by atoms with Crippen LogP contribution in [0.3, 0.4) is 0 Å². The first kappa shape index (κ1) is 14.7. The van der Waals surface area contributed by atoms with Crippen molar-refractivity contribution in [1.29, 1.82) is 0 Å². The molecule has 6 heteroatoms. The Morgan fingerprint density at radius 3 is 2.89 bits per heavy atom. The fourth-order valence-corrected chi connectivity index (χ4v) is 1.78. The minimum Gasteiger partial charge on any atom is -0.480 e. The van der Waals surface area contributed by atoms with Crippen molar-refractivity contribution in [3.63, 3.8) is 0 Å². The summed E-state index contributed by atoms with van der Waals surface area (Å²) in [4.78, 5) is 17.3. The molecule has 1 heterocycles. The minimum atomic E-state index is -0.790. The first-order chi connectivity index (χ1) is 8.54. The summed E-state index contributed by atoms with van der Waals surface area (Å²) in [6.07, 6.45) is 4.26. The highest BCUT2D eigenvalue weighted by Crippen LogP contribution is 2.02. The van der Waals surface area contributed by atoms with Crippen LogP contribution in [0.15, 0.2) is 12.4 Å². The molecule has 18 heavy (non-hydrogen) atoms. The molecule has 0 aliphatic carbocycles. The quantitative estimate of drug-likeness (QED) is 0.698. The van der Waals surface area contributed by atoms with Gasteiger partial charge in [0.2, 0.25) is 0 Å². The maximum Gasteiger partial charge on any atom is 0.320 e. The molecule has 1 atom stereocenters. The van der Waals surface area contributed by atoms with E-state index < -0.39 is 12.0 Å². The van der Waals surface area contributed by atoms with Crippen molar-refractivity contribution >= 4 is 5.97 Å². The largest absolute Gasteiger partial charge is 0.480 e. The topological polar surface area (TPSA) is 70.4 Å². The van der Waals surface area contributed by atoms with Crippen LogP contribution in [0.1, 0.15) is 19.2 Å². The second-order valence-corrected chi connectivity index (χ2v) is 4.43. The number of carbonyl (C=O) groups is 1. The van der Waals surface area contributed by atoms with Crippen molar-refractivity contribution in [3.8, 4) is 0 Å². The van der Waals surface area contributed by atoms with Gasteiger partial charge in [-0.3, -0.25) is 9.69 Å². The molecule has 0 aliphatic heterocycles. The first-order valence-corrected chi connectivity index (χ1v) is 6.15. The van der Waals surface area contributed by atoms with E-state index in [0.717, 1.165) is 18.9 Å². The third-order valence-corrected chi connectivity index (χ3v) is 2.88. The summed E-state index contributed by atoms with van der Waals surface area (Å²) >= 11 is 0. The Kier molecular flexibility index (Phi) is 5.80. The van der Waals surface area contributed by atoms with Crippen LogP contribution in [0.5, 0.6) is 0 Å². The van der Waals surface area contributed by atoms with Crippen molar-refractivity contribution < 1.29 is 9.90 Å². The molecule has 0 bridgehead atoms. The van der Waals surface area contributed by atoms with Gasteiger partial charge in [-0.2, -0.15) is 0 Å². The lowest BCUT2D eigenvalue weighted by molar-refractivity contribution is -0.139. The third-order valence-electron chi connectivity index (χ3n) is 2.88. The fourth-order valence-electron chi connectivity index (χ4n) is 1.78. The molecule has 1 aromatic rings. The number of carboxylic acid groups (broad SMARTS) is 1. The van der Waals surface area contributed by atoms with Crippen LogP contribution < -0.4 is 5.32 Å². The molecule has 102 valence electrons. The van der Waals surface area contributed by atoms with Crippen molar-refractivity contribution in [2.75, 3.05) is 20.1 Å². The van der Waals surface area contributed by atoms with Crippen molar-refractivity contribution in [2.45, 2.75) is 25.9 Å². The van der Waals surface area contributed by atoms with Gasteiger partial charge in [-0.05, 0) is 20.0 Å². The zero-order valence-corrected chi connectivity index (χ0v) is 11.3. The zero-order chi connectivity index (χ0) is 13.5. The summed E-state index contributed by atoms with van der Waals surface area (Å²) < 4.78 is 1.97. The monoisotopic (exact) mass is 254 g/mol. The maximum absolute atomic E-state index is 11.0. The van der Waals surface area contributed by atoms with Gasteiger partial charge in [-0.25, -0.2) is 4.98 Å². The number of rotatable bonds is 8. The number of imidazole rings is 1. The average Bonchev–Trinajstić information content (AvgIpc) is 2.70. The molecule has 6 nitrogen and oxygen atoms in total. The van der Waals surface area contributed by atoms with E-state index in [-0.39, 0.29) is 0 Å². The average molecular weight is 254 g/mol. The number of nitrogens with one attached hydrogen (secondary N) is 1. The van der Waals surface area contributed by atoms with Crippen molar-refractivity contribution in [2.24, 2.45) is 7.05 Å². The molecule has 0 aromatic carbocycles. The van der Waals surface area contributed by atoms with Crippen LogP contribution in [0.2, 0.25) is 0 Å². The van der Waals surface area contributed by atoms with E-state index >= 15 is 0 Å². The number of nitrogens with zero attached hydrogens (tertiary/aromatic N) is 3. The Balaban J connectivity index is 2.38. The molecular weight excluding hydrogens is 232 g/mol. The van der Waals surface area contributed by atoms with E-state index in [1.54, 1.807) is 6.20 Å². The lowest BCUT2D eigenvalue weighted by Crippen LogP contribution is -2.39. The number of likely N-dealkylation sites (N-methyl/N-ethyl adjacent to an activating group) is 1. The molecule has 1 rings (SSSR count). The van der Waals surface area contributed by atoms with Gasteiger partial charge in [0, 0.05) is 26.0 Å². The molecule has 0 saturated carbocycles. The zero-order valence-electron chi connectivity index (χ0n) is 11.3. The summed E-state index contributed by atoms with van der Waals surface area (Å²) in [5.74, 6) is 0.190. The van der Waals surface area contributed by atoms with Crippen LogP contribution in [0, 0.1) is 0 Å². The van der Waals surface area contributed by atoms with Crippen LogP contribution in [0.4, 0.5) is 0 Å². The van der Waals surface area contributed by atoms with Gasteiger partial charge in [0.1, 0.15) is 11.9 Å². The van der Waals surface area contributed by atoms with Gasteiger partial charge in [0.05, 0.1) is 6.54 Å². The molecule has 0 fully saturated rings. The van der Waals surface area contributed by atoms with Gasteiger partial charge < -0.3 is 15.0 Å². The van der Waals surface area contributed by atoms with E-state index in [2.05, 4.69) is 15.2 Å². The first-order valence-electron chi connectivity index (χ1n) is 6.15. The van der Waals surface area contributed by atoms with Gasteiger partial charge in [0.25, 0.3) is 0 Å². The molecule has 0 aliphatic rings. The number of hydrogen-bond donors (Lipinski definition) is 2. The Morgan fingerprint density at radius 2 is 2.39 bits per heavy atom. The van der Waals surface area contributed by atoms with E-state index in [1.807, 2.05) is 31.8 Å². The van der Waals surface area contributed by atoms with Gasteiger partial charge in [0.15, 0.2) is 0 Å². The number of carboxylic acids is 1. The van der Waals surface area contributed by atoms with Crippen LogP contribution in [-0.2, 0) is 18.4 Å². The summed E-state index contributed by atoms with van der Waals surface area (Å²) in [6, 6.07) is -0.473. The van der Waals surface area contributed by atoms with Crippen LogP contribution in [-0.4, -0.2) is 51.7 Å². The number of hydrogen-bond acceptors (Lipinski definition) is 4. The number of aliphatic carboxylic acids is 1. The highest BCUT2D eigenvalue weighted by molar-refractivity contribution is 5.73. The highest BCUT2D eigenvalue weighted by Gasteiger charge is 2.16. The molecule has 0 saturated heterocycles. The molecule has 1 aromatic heterocycles. The lowest BCUT2D eigenvalue weighted by Gasteiger charge is -2.19. The van der Waals surface area contributed by atoms with E-state index in [0.29, 0.717) is 13.0 Å². The molecule has 1 unspecified atom stereocenters. The fraction of sp³-hybridized carbons (Fsp3) is 0.667. The maximum atomic E-state index is 11.0. The molecule has 0 amide bonds. The third kappa shape index (κ3) is 4.46. The van der Waals surface area contributed by atoms with Gasteiger partial charge in [-0.1, -0.05) is 6.92 Å². The highest BCUT2D eigenvalue weighted by atomic mass is 16.4.